The van der Waals surface area contributed by atoms with E-state index in [4.69, 9.17) is 17.6 Å². The molecule has 0 aromatic heterocycles. The van der Waals surface area contributed by atoms with Crippen molar-refractivity contribution in [2.24, 2.45) is 0 Å². The van der Waals surface area contributed by atoms with Crippen molar-refractivity contribution < 1.29 is 4.74 Å². The highest BCUT2D eigenvalue weighted by atomic mass is 16.5. The molecule has 0 aromatic carbocycles. The maximum Gasteiger partial charge on any atom is 0.123 e. The molecule has 0 aliphatic rings. The fourth-order valence-corrected chi connectivity index (χ4v) is 0.827. The largest absolute Gasteiger partial charge is 0.349 e. The summed E-state index contributed by atoms with van der Waals surface area (Å²) in [5.74, 6) is 5.01. The van der Waals surface area contributed by atoms with Crippen LogP contribution in [0.2, 0.25) is 0 Å². The zero-order chi connectivity index (χ0) is 10.1. The van der Waals surface area contributed by atoms with Gasteiger partial charge in [-0.05, 0) is 0 Å². The minimum atomic E-state index is -0.279. The van der Waals surface area contributed by atoms with Crippen molar-refractivity contribution in [2.75, 3.05) is 0 Å². The van der Waals surface area contributed by atoms with Crippen LogP contribution in [0.15, 0.2) is 25.3 Å². The van der Waals surface area contributed by atoms with E-state index in [1.807, 2.05) is 0 Å². The van der Waals surface area contributed by atoms with Gasteiger partial charge < -0.3 is 4.74 Å². The van der Waals surface area contributed by atoms with Gasteiger partial charge in [0.05, 0.1) is 0 Å². The topological polar surface area (TPSA) is 9.23 Å². The second-order valence-corrected chi connectivity index (χ2v) is 2.50. The van der Waals surface area contributed by atoms with Crippen molar-refractivity contribution in [3.8, 4) is 24.7 Å². The SMILES string of the molecule is C#CC(CC=C)OC(C#C)CC=C. The first-order valence-electron chi connectivity index (χ1n) is 4.08. The zero-order valence-electron chi connectivity index (χ0n) is 7.70. The first-order chi connectivity index (χ1) is 6.28. The van der Waals surface area contributed by atoms with E-state index in [9.17, 15) is 0 Å². The van der Waals surface area contributed by atoms with Crippen LogP contribution in [0.5, 0.6) is 0 Å². The standard InChI is InChI=1S/C12H14O/c1-5-9-11(7-3)13-12(8-4)10-6-2/h3-6,11-12H,1-2,9-10H2. The predicted molar refractivity (Wildman–Crippen MR) is 56.0 cm³/mol. The summed E-state index contributed by atoms with van der Waals surface area (Å²) in [7, 11) is 0. The number of ether oxygens (including phenoxy) is 1. The Morgan fingerprint density at radius 3 is 1.69 bits per heavy atom. The van der Waals surface area contributed by atoms with Crippen LogP contribution in [0.4, 0.5) is 0 Å². The monoisotopic (exact) mass is 174 g/mol. The molecule has 0 amide bonds. The highest BCUT2D eigenvalue weighted by molar-refractivity contribution is 5.03. The van der Waals surface area contributed by atoms with Crippen molar-refractivity contribution in [2.45, 2.75) is 25.0 Å². The van der Waals surface area contributed by atoms with Crippen LogP contribution < -0.4 is 0 Å². The van der Waals surface area contributed by atoms with E-state index < -0.39 is 0 Å². The molecule has 0 fully saturated rings. The van der Waals surface area contributed by atoms with Crippen molar-refractivity contribution in [1.82, 2.24) is 0 Å². The maximum atomic E-state index is 5.42. The molecule has 2 unspecified atom stereocenters. The number of terminal acetylenes is 2. The summed E-state index contributed by atoms with van der Waals surface area (Å²) in [6.07, 6.45) is 14.6. The third kappa shape index (κ3) is 4.90. The van der Waals surface area contributed by atoms with Crippen molar-refractivity contribution in [3.05, 3.63) is 25.3 Å². The molecule has 0 N–H and O–H groups in total. The van der Waals surface area contributed by atoms with Gasteiger partial charge in [-0.2, -0.15) is 0 Å². The highest BCUT2D eigenvalue weighted by Gasteiger charge is 2.09. The Kier molecular flexibility index (Phi) is 6.42. The quantitative estimate of drug-likeness (QED) is 0.443. The summed E-state index contributed by atoms with van der Waals surface area (Å²) in [6, 6.07) is 0. The minimum Gasteiger partial charge on any atom is -0.349 e. The molecule has 0 spiro atoms. The van der Waals surface area contributed by atoms with E-state index in [0.717, 1.165) is 0 Å². The molecule has 0 aliphatic carbocycles. The van der Waals surface area contributed by atoms with E-state index in [-0.39, 0.29) is 12.2 Å². The van der Waals surface area contributed by atoms with Crippen LogP contribution in [0.1, 0.15) is 12.8 Å². The highest BCUT2D eigenvalue weighted by Crippen LogP contribution is 2.05. The molecular weight excluding hydrogens is 160 g/mol. The van der Waals surface area contributed by atoms with E-state index in [1.54, 1.807) is 12.2 Å². The molecule has 0 bridgehead atoms. The number of hydrogen-bond acceptors (Lipinski definition) is 1. The average Bonchev–Trinajstić information content (AvgIpc) is 2.16. The van der Waals surface area contributed by atoms with Crippen LogP contribution >= 0.6 is 0 Å². The molecule has 0 heterocycles. The van der Waals surface area contributed by atoms with E-state index in [0.29, 0.717) is 12.8 Å². The molecule has 1 heteroatoms. The van der Waals surface area contributed by atoms with Gasteiger partial charge in [0.1, 0.15) is 12.2 Å². The Hall–Kier alpha value is -1.44. The lowest BCUT2D eigenvalue weighted by Gasteiger charge is -2.14. The predicted octanol–water partition coefficient (Wildman–Crippen LogP) is 2.16. The van der Waals surface area contributed by atoms with Crippen LogP contribution in [0, 0.1) is 24.7 Å². The number of hydrogen-bond donors (Lipinski definition) is 0. The average molecular weight is 174 g/mol. The Morgan fingerprint density at radius 1 is 1.08 bits per heavy atom. The molecule has 0 radical (unpaired) electrons. The van der Waals surface area contributed by atoms with Gasteiger partial charge in [0.15, 0.2) is 0 Å². The van der Waals surface area contributed by atoms with Crippen LogP contribution in [-0.2, 0) is 4.74 Å². The van der Waals surface area contributed by atoms with Gasteiger partial charge in [0.25, 0.3) is 0 Å². The van der Waals surface area contributed by atoms with Gasteiger partial charge in [0, 0.05) is 12.8 Å². The van der Waals surface area contributed by atoms with Gasteiger partial charge in [0.2, 0.25) is 0 Å². The summed E-state index contributed by atoms with van der Waals surface area (Å²) in [5.41, 5.74) is 0. The molecule has 0 aliphatic heterocycles. The second-order valence-electron chi connectivity index (χ2n) is 2.50. The minimum absolute atomic E-state index is 0.279. The van der Waals surface area contributed by atoms with E-state index >= 15 is 0 Å². The smallest absolute Gasteiger partial charge is 0.123 e. The first kappa shape index (κ1) is 11.6. The normalized spacial score (nSPS) is 13.4. The van der Waals surface area contributed by atoms with Crippen LogP contribution in [0.25, 0.3) is 0 Å². The Labute approximate surface area is 80.5 Å². The van der Waals surface area contributed by atoms with E-state index in [2.05, 4.69) is 25.0 Å². The fraction of sp³-hybridized carbons (Fsp3) is 0.333. The Balaban J connectivity index is 4.05. The molecule has 68 valence electrons. The maximum absolute atomic E-state index is 5.42. The first-order valence-corrected chi connectivity index (χ1v) is 4.08. The molecule has 0 saturated carbocycles. The van der Waals surface area contributed by atoms with Crippen LogP contribution in [-0.4, -0.2) is 12.2 Å². The third-order valence-corrected chi connectivity index (χ3v) is 1.46. The lowest BCUT2D eigenvalue weighted by molar-refractivity contribution is 0.0563. The Bertz CT molecular complexity index is 213. The van der Waals surface area contributed by atoms with Gasteiger partial charge in [-0.1, -0.05) is 24.0 Å². The molecule has 1 nitrogen and oxygen atoms in total. The van der Waals surface area contributed by atoms with Gasteiger partial charge in [-0.3, -0.25) is 0 Å². The second kappa shape index (κ2) is 7.22. The summed E-state index contributed by atoms with van der Waals surface area (Å²) >= 11 is 0. The third-order valence-electron chi connectivity index (χ3n) is 1.46. The van der Waals surface area contributed by atoms with Gasteiger partial charge in [-0.25, -0.2) is 0 Å². The zero-order valence-corrected chi connectivity index (χ0v) is 7.70. The molecular formula is C12H14O. The molecule has 0 rings (SSSR count). The summed E-state index contributed by atoms with van der Waals surface area (Å²) in [5, 5.41) is 0. The van der Waals surface area contributed by atoms with Crippen LogP contribution in [0.3, 0.4) is 0 Å². The molecule has 0 aromatic rings. The number of rotatable bonds is 6. The summed E-state index contributed by atoms with van der Waals surface area (Å²) < 4.78 is 5.42. The van der Waals surface area contributed by atoms with Crippen molar-refractivity contribution in [3.63, 3.8) is 0 Å². The fourth-order valence-electron chi connectivity index (χ4n) is 0.827. The van der Waals surface area contributed by atoms with Crippen molar-refractivity contribution >= 4 is 0 Å². The van der Waals surface area contributed by atoms with E-state index in [1.165, 1.54) is 0 Å². The lowest BCUT2D eigenvalue weighted by Crippen LogP contribution is -2.18. The van der Waals surface area contributed by atoms with Gasteiger partial charge in [-0.15, -0.1) is 26.0 Å². The molecule has 0 saturated heterocycles. The molecule has 13 heavy (non-hydrogen) atoms. The van der Waals surface area contributed by atoms with Crippen molar-refractivity contribution in [1.29, 1.82) is 0 Å². The molecule has 2 atom stereocenters. The Morgan fingerprint density at radius 2 is 1.46 bits per heavy atom. The lowest BCUT2D eigenvalue weighted by atomic mass is 10.2. The summed E-state index contributed by atoms with van der Waals surface area (Å²) in [6.45, 7) is 7.16. The van der Waals surface area contributed by atoms with Gasteiger partial charge >= 0.3 is 0 Å². The summed E-state index contributed by atoms with van der Waals surface area (Å²) in [4.78, 5) is 0.